The van der Waals surface area contributed by atoms with Gasteiger partial charge in [-0.25, -0.2) is 4.68 Å². The average molecular weight is 510 g/mol. The van der Waals surface area contributed by atoms with Gasteiger partial charge in [-0.1, -0.05) is 28.9 Å². The molecule has 0 radical (unpaired) electrons. The van der Waals surface area contributed by atoms with Crippen LogP contribution in [0.4, 0.5) is 18.9 Å². The Kier molecular flexibility index (Phi) is 8.69. The second-order valence-electron chi connectivity index (χ2n) is 7.39. The minimum Gasteiger partial charge on any atom is -0.406 e. The molecule has 3 rings (SSSR count). The van der Waals surface area contributed by atoms with E-state index in [1.54, 1.807) is 41.2 Å². The molecule has 0 saturated carbocycles. The quantitative estimate of drug-likeness (QED) is 0.264. The van der Waals surface area contributed by atoms with Crippen molar-refractivity contribution < 1.29 is 27.5 Å². The molecule has 1 aromatic carbocycles. The second kappa shape index (κ2) is 11.7. The van der Waals surface area contributed by atoms with E-state index in [1.807, 2.05) is 13.0 Å². The van der Waals surface area contributed by atoms with Gasteiger partial charge in [-0.05, 0) is 50.1 Å². The zero-order valence-corrected chi connectivity index (χ0v) is 19.8. The van der Waals surface area contributed by atoms with Crippen LogP contribution in [0.25, 0.3) is 5.69 Å². The first kappa shape index (κ1) is 26.0. The highest BCUT2D eigenvalue weighted by molar-refractivity contribution is 6.32. The Morgan fingerprint density at radius 2 is 1.94 bits per heavy atom. The van der Waals surface area contributed by atoms with Crippen molar-refractivity contribution in [3.63, 3.8) is 0 Å². The monoisotopic (exact) mass is 509 g/mol. The van der Waals surface area contributed by atoms with E-state index in [0.717, 1.165) is 0 Å². The second-order valence-corrected chi connectivity index (χ2v) is 7.75. The lowest BCUT2D eigenvalue weighted by Crippen LogP contribution is -2.30. The van der Waals surface area contributed by atoms with Crippen LogP contribution in [-0.4, -0.2) is 39.3 Å². The van der Waals surface area contributed by atoms with Gasteiger partial charge in [0.1, 0.15) is 18.0 Å². The minimum absolute atomic E-state index is 0.0573. The first-order valence-corrected chi connectivity index (χ1v) is 11.0. The highest BCUT2D eigenvalue weighted by Gasteiger charge is 2.31. The number of carbonyl (C=O) groups is 1. The van der Waals surface area contributed by atoms with E-state index < -0.39 is 6.36 Å². The van der Waals surface area contributed by atoms with Gasteiger partial charge in [-0.15, -0.1) is 13.2 Å². The smallest absolute Gasteiger partial charge is 0.406 e. The number of carbonyl (C=O) groups excluding carboxylic acids is 1. The van der Waals surface area contributed by atoms with Gasteiger partial charge in [0.15, 0.2) is 5.15 Å². The molecule has 2 aromatic heterocycles. The fraction of sp³-hybridized carbons (Fsp3) is 0.304. The van der Waals surface area contributed by atoms with Crippen LogP contribution in [0.3, 0.4) is 0 Å². The molecule has 0 N–H and O–H groups in total. The number of amides is 1. The molecule has 186 valence electrons. The summed E-state index contributed by atoms with van der Waals surface area (Å²) < 4.78 is 42.0. The highest BCUT2D eigenvalue weighted by atomic mass is 35.5. The molecule has 0 aliphatic carbocycles. The molecule has 0 fully saturated rings. The van der Waals surface area contributed by atoms with Gasteiger partial charge >= 0.3 is 6.36 Å². The first-order chi connectivity index (χ1) is 16.7. The lowest BCUT2D eigenvalue weighted by molar-refractivity contribution is -0.274. The van der Waals surface area contributed by atoms with E-state index in [1.165, 1.54) is 24.3 Å². The van der Waals surface area contributed by atoms with E-state index in [4.69, 9.17) is 16.4 Å². The third-order valence-electron chi connectivity index (χ3n) is 4.78. The Morgan fingerprint density at radius 1 is 1.20 bits per heavy atom. The molecular formula is C23H23ClF3N5O3. The summed E-state index contributed by atoms with van der Waals surface area (Å²) in [6.45, 7) is 4.02. The minimum atomic E-state index is -4.74. The Balaban J connectivity index is 1.52. The van der Waals surface area contributed by atoms with Crippen LogP contribution >= 0.6 is 11.6 Å². The standard InChI is InChI=1S/C23H23ClF3N5O3/c1-3-31(20-14-32(29-22(20)24)18-5-4-12-28-13-18)21(33)11-6-16(2)30-34-15-17-7-9-19(10-8-17)35-23(25,26)27/h4-5,7-10,12-14H,3,6,11,15H2,1-2H3/b30-16+. The molecule has 35 heavy (non-hydrogen) atoms. The molecule has 0 bridgehead atoms. The van der Waals surface area contributed by atoms with E-state index in [2.05, 4.69) is 20.0 Å². The summed E-state index contributed by atoms with van der Waals surface area (Å²) in [5.74, 6) is -0.471. The number of aromatic nitrogens is 3. The Bertz CT molecular complexity index is 1150. The number of oxime groups is 1. The number of benzene rings is 1. The van der Waals surface area contributed by atoms with Gasteiger partial charge < -0.3 is 14.5 Å². The molecule has 0 spiro atoms. The number of hydrogen-bond donors (Lipinski definition) is 0. The molecule has 8 nitrogen and oxygen atoms in total. The maximum atomic E-state index is 12.8. The largest absolute Gasteiger partial charge is 0.573 e. The number of rotatable bonds is 10. The van der Waals surface area contributed by atoms with Crippen molar-refractivity contribution in [2.75, 3.05) is 11.4 Å². The summed E-state index contributed by atoms with van der Waals surface area (Å²) in [5.41, 5.74) is 2.41. The van der Waals surface area contributed by atoms with Crippen molar-refractivity contribution in [2.24, 2.45) is 5.16 Å². The maximum absolute atomic E-state index is 12.8. The molecule has 0 saturated heterocycles. The van der Waals surface area contributed by atoms with Crippen molar-refractivity contribution in [2.45, 2.75) is 39.7 Å². The lowest BCUT2D eigenvalue weighted by atomic mass is 10.2. The van der Waals surface area contributed by atoms with Crippen molar-refractivity contribution in [3.8, 4) is 11.4 Å². The predicted molar refractivity (Wildman–Crippen MR) is 125 cm³/mol. The molecular weight excluding hydrogens is 487 g/mol. The zero-order valence-electron chi connectivity index (χ0n) is 19.0. The van der Waals surface area contributed by atoms with Crippen LogP contribution < -0.4 is 9.64 Å². The van der Waals surface area contributed by atoms with Crippen molar-refractivity contribution >= 4 is 28.9 Å². The van der Waals surface area contributed by atoms with Gasteiger partial charge in [0.2, 0.25) is 5.91 Å². The first-order valence-electron chi connectivity index (χ1n) is 10.6. The van der Waals surface area contributed by atoms with Crippen molar-refractivity contribution in [1.82, 2.24) is 14.8 Å². The van der Waals surface area contributed by atoms with Crippen LogP contribution in [0, 0.1) is 0 Å². The molecule has 1 amide bonds. The third kappa shape index (κ3) is 7.71. The SMILES string of the molecule is CCN(C(=O)CC/C(C)=N/OCc1ccc(OC(F)(F)F)cc1)c1cn(-c2cccnc2)nc1Cl. The molecule has 0 unspecified atom stereocenters. The van der Waals surface area contributed by atoms with Crippen LogP contribution in [-0.2, 0) is 16.2 Å². The molecule has 2 heterocycles. The van der Waals surface area contributed by atoms with Gasteiger partial charge in [0.25, 0.3) is 0 Å². The van der Waals surface area contributed by atoms with Gasteiger partial charge in [0.05, 0.1) is 23.8 Å². The average Bonchev–Trinajstić information content (AvgIpc) is 3.20. The van der Waals surface area contributed by atoms with E-state index in [-0.39, 0.29) is 29.8 Å². The summed E-state index contributed by atoms with van der Waals surface area (Å²) in [6.07, 6.45) is 0.738. The molecule has 12 heteroatoms. The Hall–Kier alpha value is -3.60. The summed E-state index contributed by atoms with van der Waals surface area (Å²) in [4.78, 5) is 23.7. The fourth-order valence-electron chi connectivity index (χ4n) is 3.10. The maximum Gasteiger partial charge on any atom is 0.573 e. The highest BCUT2D eigenvalue weighted by Crippen LogP contribution is 2.27. The third-order valence-corrected chi connectivity index (χ3v) is 5.05. The lowest BCUT2D eigenvalue weighted by Gasteiger charge is -2.19. The number of pyridine rings is 1. The summed E-state index contributed by atoms with van der Waals surface area (Å²) in [6, 6.07) is 8.89. The van der Waals surface area contributed by atoms with Crippen molar-refractivity contribution in [3.05, 3.63) is 65.7 Å². The molecule has 0 aliphatic heterocycles. The topological polar surface area (TPSA) is 81.8 Å². The van der Waals surface area contributed by atoms with Gasteiger partial charge in [0, 0.05) is 19.2 Å². The van der Waals surface area contributed by atoms with Crippen molar-refractivity contribution in [1.29, 1.82) is 0 Å². The fourth-order valence-corrected chi connectivity index (χ4v) is 3.33. The number of nitrogens with zero attached hydrogens (tertiary/aromatic N) is 5. The normalized spacial score (nSPS) is 11.9. The summed E-state index contributed by atoms with van der Waals surface area (Å²) in [7, 11) is 0. The van der Waals surface area contributed by atoms with Gasteiger partial charge in [-0.3, -0.25) is 9.78 Å². The van der Waals surface area contributed by atoms with E-state index >= 15 is 0 Å². The predicted octanol–water partition coefficient (Wildman–Crippen LogP) is 5.55. The zero-order chi connectivity index (χ0) is 25.4. The Morgan fingerprint density at radius 3 is 2.57 bits per heavy atom. The van der Waals surface area contributed by atoms with Gasteiger partial charge in [-0.2, -0.15) is 5.10 Å². The van der Waals surface area contributed by atoms with E-state index in [0.29, 0.717) is 35.6 Å². The van der Waals surface area contributed by atoms with E-state index in [9.17, 15) is 18.0 Å². The summed E-state index contributed by atoms with van der Waals surface area (Å²) >= 11 is 6.29. The van der Waals surface area contributed by atoms with Crippen LogP contribution in [0.2, 0.25) is 5.15 Å². The van der Waals surface area contributed by atoms with Crippen LogP contribution in [0.1, 0.15) is 32.3 Å². The summed E-state index contributed by atoms with van der Waals surface area (Å²) in [5, 5.41) is 8.44. The number of hydrogen-bond acceptors (Lipinski definition) is 6. The molecule has 3 aromatic rings. The van der Waals surface area contributed by atoms with Crippen LogP contribution in [0.5, 0.6) is 5.75 Å². The Labute approximate surface area is 204 Å². The number of halogens is 4. The van der Waals surface area contributed by atoms with Crippen LogP contribution in [0.15, 0.2) is 60.1 Å². The number of alkyl halides is 3. The molecule has 0 aliphatic rings. The number of ether oxygens (including phenoxy) is 1. The number of anilines is 1. The molecule has 0 atom stereocenters.